The van der Waals surface area contributed by atoms with Gasteiger partial charge in [0.05, 0.1) is 61.0 Å². The van der Waals surface area contributed by atoms with Crippen molar-refractivity contribution in [1.82, 2.24) is 19.9 Å². The van der Waals surface area contributed by atoms with Crippen LogP contribution < -0.4 is 0 Å². The van der Waals surface area contributed by atoms with Crippen LogP contribution in [0.1, 0.15) is 137 Å². The number of esters is 4. The normalized spacial score (nSPS) is 19.6. The lowest BCUT2D eigenvalue weighted by atomic mass is 9.98. The number of aryl methyl sites for hydroxylation is 2. The zero-order valence-electron chi connectivity index (χ0n) is 34.9. The molecule has 0 aromatic carbocycles. The molecule has 2 aliphatic heterocycles. The van der Waals surface area contributed by atoms with Gasteiger partial charge in [-0.1, -0.05) is 0 Å². The number of nitrogens with zero attached hydrogens (tertiary/aromatic N) is 2. The van der Waals surface area contributed by atoms with Crippen molar-refractivity contribution in [3.8, 4) is 0 Å². The Hall–Kier alpha value is -5.52. The van der Waals surface area contributed by atoms with Gasteiger partial charge in [0.25, 0.3) is 0 Å². The highest BCUT2D eigenvalue weighted by molar-refractivity contribution is 5.97. The molecule has 4 aliphatic rings. The molecule has 4 atom stereocenters. The first-order valence-electron chi connectivity index (χ1n) is 20.7. The van der Waals surface area contributed by atoms with Crippen LogP contribution in [-0.2, 0) is 38.1 Å². The molecule has 0 amide bonds. The van der Waals surface area contributed by atoms with Gasteiger partial charge in [0, 0.05) is 46.7 Å². The van der Waals surface area contributed by atoms with Gasteiger partial charge in [-0.3, -0.25) is 19.2 Å². The number of H-pyrrole nitrogens is 2. The van der Waals surface area contributed by atoms with Gasteiger partial charge in [0.15, 0.2) is 0 Å². The van der Waals surface area contributed by atoms with E-state index in [1.165, 1.54) is 0 Å². The monoisotopic (exact) mass is 790 g/mol. The summed E-state index contributed by atoms with van der Waals surface area (Å²) >= 11 is 0. The lowest BCUT2D eigenvalue weighted by molar-refractivity contribution is -0.145. The predicted molar refractivity (Wildman–Crippen MR) is 222 cm³/mol. The van der Waals surface area contributed by atoms with E-state index in [1.54, 1.807) is 13.8 Å². The van der Waals surface area contributed by atoms with Gasteiger partial charge in [-0.25, -0.2) is 9.97 Å². The smallest absolute Gasteiger partial charge is 0.309 e. The van der Waals surface area contributed by atoms with Crippen LogP contribution in [0.2, 0.25) is 0 Å². The summed E-state index contributed by atoms with van der Waals surface area (Å²) in [5.41, 5.74) is 14.2. The van der Waals surface area contributed by atoms with E-state index in [9.17, 15) is 19.2 Å². The molecule has 0 spiro atoms. The highest BCUT2D eigenvalue weighted by Crippen LogP contribution is 2.53. The Morgan fingerprint density at radius 2 is 0.948 bits per heavy atom. The van der Waals surface area contributed by atoms with Gasteiger partial charge < -0.3 is 28.9 Å². The topological polar surface area (TPSA) is 163 Å². The predicted octanol–water partition coefficient (Wildman–Crippen LogP) is 8.81. The Morgan fingerprint density at radius 3 is 1.38 bits per heavy atom. The fourth-order valence-corrected chi connectivity index (χ4v) is 8.70. The Balaban J connectivity index is 1.50. The SMILES string of the molecule is CCOC(=O)CCC1=C(C)c2cc3[nH]c(cc4[nH]c(cc5nc(cc1n2)C(CCC(=O)OCC)=C5C)c(C1CC1C(=O)OCC)c4C)c(C1CC1C(=O)OCC)c3C. The van der Waals surface area contributed by atoms with Crippen molar-refractivity contribution in [2.24, 2.45) is 11.8 Å². The number of hydrogen-bond donors (Lipinski definition) is 2. The first-order chi connectivity index (χ1) is 27.9. The van der Waals surface area contributed by atoms with Crippen LogP contribution in [0, 0.1) is 25.7 Å². The highest BCUT2D eigenvalue weighted by Gasteiger charge is 2.48. The third-order valence-electron chi connectivity index (χ3n) is 11.9. The Bertz CT molecular complexity index is 2420. The number of hydrogen-bond acceptors (Lipinski definition) is 10. The van der Waals surface area contributed by atoms with Gasteiger partial charge in [-0.2, -0.15) is 0 Å². The number of aromatic amines is 2. The first kappa shape index (κ1) is 40.7. The molecule has 2 aliphatic carbocycles. The molecule has 12 nitrogen and oxygen atoms in total. The van der Waals surface area contributed by atoms with Crippen LogP contribution >= 0.6 is 0 Å². The van der Waals surface area contributed by atoms with Gasteiger partial charge in [0.1, 0.15) is 0 Å². The molecule has 2 saturated carbocycles. The second kappa shape index (κ2) is 16.8. The standard InChI is InChI=1S/C46H54N4O8/c1-9-55-41(51)15-13-27-23(5)33-19-35-25(7)43(29-17-31(29)45(53)57-11-3)40(49-35)21-36-26(8)44(30-18-32(30)46(54)58-12-4)39(50-36)20-34-24(6)28(14-16-42(52)56-10-2)38(48-34)22-37(27)47-33/h19-22,29-32,49-50H,9-18H2,1-8H3. The van der Waals surface area contributed by atoms with E-state index in [2.05, 4.69) is 29.9 Å². The summed E-state index contributed by atoms with van der Waals surface area (Å²) < 4.78 is 21.5. The Labute approximate surface area is 338 Å². The highest BCUT2D eigenvalue weighted by atomic mass is 16.5. The molecule has 5 heterocycles. The van der Waals surface area contributed by atoms with Crippen LogP contribution in [0.25, 0.3) is 44.4 Å². The average Bonchev–Trinajstić information content (AvgIpc) is 4.05. The molecule has 0 saturated heterocycles. The van der Waals surface area contributed by atoms with E-state index in [4.69, 9.17) is 28.9 Å². The largest absolute Gasteiger partial charge is 0.466 e. The van der Waals surface area contributed by atoms with Crippen LogP contribution in [0.15, 0.2) is 24.3 Å². The van der Waals surface area contributed by atoms with E-state index < -0.39 is 0 Å². The molecule has 12 heteroatoms. The molecule has 3 aromatic rings. The minimum atomic E-state index is -0.284. The lowest BCUT2D eigenvalue weighted by Crippen LogP contribution is -2.07. The van der Waals surface area contributed by atoms with Crippen molar-refractivity contribution >= 4 is 68.2 Å². The number of aromatic nitrogens is 4. The maximum absolute atomic E-state index is 13.0. The quantitative estimate of drug-likeness (QED) is 0.119. The third kappa shape index (κ3) is 7.98. The van der Waals surface area contributed by atoms with Crippen LogP contribution in [-0.4, -0.2) is 70.2 Å². The minimum Gasteiger partial charge on any atom is -0.466 e. The second-order valence-corrected chi connectivity index (χ2v) is 15.5. The van der Waals surface area contributed by atoms with E-state index >= 15 is 0 Å². The number of rotatable bonds is 14. The summed E-state index contributed by atoms with van der Waals surface area (Å²) in [6.07, 6.45) is 2.59. The van der Waals surface area contributed by atoms with Crippen molar-refractivity contribution < 1.29 is 38.1 Å². The molecule has 8 bridgehead atoms. The van der Waals surface area contributed by atoms with Crippen molar-refractivity contribution in [2.45, 2.75) is 106 Å². The maximum Gasteiger partial charge on any atom is 0.309 e. The summed E-state index contributed by atoms with van der Waals surface area (Å²) in [4.78, 5) is 69.0. The number of fused-ring (bicyclic) bond motifs is 8. The molecule has 4 unspecified atom stereocenters. The van der Waals surface area contributed by atoms with Gasteiger partial charge >= 0.3 is 23.9 Å². The van der Waals surface area contributed by atoms with Gasteiger partial charge in [0.2, 0.25) is 0 Å². The van der Waals surface area contributed by atoms with E-state index in [-0.39, 0.29) is 60.4 Å². The number of carbonyl (C=O) groups is 4. The number of ether oxygens (including phenoxy) is 4. The fourth-order valence-electron chi connectivity index (χ4n) is 8.70. The lowest BCUT2D eigenvalue weighted by Gasteiger charge is -2.07. The van der Waals surface area contributed by atoms with Crippen LogP contribution in [0.4, 0.5) is 0 Å². The first-order valence-corrected chi connectivity index (χ1v) is 20.7. The Morgan fingerprint density at radius 1 is 0.552 bits per heavy atom. The van der Waals surface area contributed by atoms with Crippen molar-refractivity contribution in [2.75, 3.05) is 26.4 Å². The molecular weight excluding hydrogens is 737 g/mol. The van der Waals surface area contributed by atoms with E-state index in [1.807, 2.05) is 45.9 Å². The van der Waals surface area contributed by atoms with Crippen molar-refractivity contribution in [3.63, 3.8) is 0 Å². The molecule has 2 N–H and O–H groups in total. The minimum absolute atomic E-state index is 0.0109. The fraction of sp³-hybridized carbons (Fsp3) is 0.478. The molecule has 3 aromatic heterocycles. The summed E-state index contributed by atoms with van der Waals surface area (Å²) in [7, 11) is 0. The maximum atomic E-state index is 13.0. The summed E-state index contributed by atoms with van der Waals surface area (Å²) in [5, 5.41) is 0. The number of nitrogens with one attached hydrogen (secondary N) is 2. The van der Waals surface area contributed by atoms with E-state index in [0.717, 1.165) is 78.0 Å². The summed E-state index contributed by atoms with van der Waals surface area (Å²) in [6.45, 7) is 16.7. The molecule has 0 radical (unpaired) electrons. The van der Waals surface area contributed by atoms with Crippen LogP contribution in [0.5, 0.6) is 0 Å². The zero-order chi connectivity index (χ0) is 41.4. The average molecular weight is 791 g/mol. The molecule has 58 heavy (non-hydrogen) atoms. The molecular formula is C46H54N4O8. The summed E-state index contributed by atoms with van der Waals surface area (Å²) in [5.74, 6) is -1.45. The second-order valence-electron chi connectivity index (χ2n) is 15.5. The van der Waals surface area contributed by atoms with Crippen molar-refractivity contribution in [3.05, 3.63) is 69.3 Å². The van der Waals surface area contributed by atoms with E-state index in [0.29, 0.717) is 63.5 Å². The number of carbonyl (C=O) groups excluding carboxylic acids is 4. The summed E-state index contributed by atoms with van der Waals surface area (Å²) in [6, 6.07) is 8.16. The zero-order valence-corrected chi connectivity index (χ0v) is 34.9. The molecule has 7 rings (SSSR count). The van der Waals surface area contributed by atoms with Crippen LogP contribution in [0.3, 0.4) is 0 Å². The Kier molecular flexibility index (Phi) is 11.7. The van der Waals surface area contributed by atoms with Gasteiger partial charge in [-0.05, 0) is 150 Å². The van der Waals surface area contributed by atoms with Gasteiger partial charge in [-0.15, -0.1) is 0 Å². The number of allylic oxidation sites excluding steroid dienone is 4. The third-order valence-corrected chi connectivity index (χ3v) is 11.9. The van der Waals surface area contributed by atoms with Crippen molar-refractivity contribution in [1.29, 1.82) is 0 Å². The molecule has 2 fully saturated rings. The molecule has 306 valence electrons.